The van der Waals surface area contributed by atoms with Crippen LogP contribution < -0.4 is 10.6 Å². The number of aliphatic hydroxyl groups is 1. The summed E-state index contributed by atoms with van der Waals surface area (Å²) in [5.41, 5.74) is 0.337. The molecule has 2 heterocycles. The van der Waals surface area contributed by atoms with Crippen molar-refractivity contribution in [1.29, 1.82) is 0 Å². The Kier molecular flexibility index (Phi) is 4.86. The van der Waals surface area contributed by atoms with E-state index in [0.29, 0.717) is 24.7 Å². The summed E-state index contributed by atoms with van der Waals surface area (Å²) in [6.45, 7) is 4.08. The van der Waals surface area contributed by atoms with Crippen LogP contribution >= 0.6 is 0 Å². The zero-order valence-corrected chi connectivity index (χ0v) is 11.2. The van der Waals surface area contributed by atoms with Gasteiger partial charge >= 0.3 is 0 Å². The molecule has 1 atom stereocenters. The lowest BCUT2D eigenvalue weighted by Crippen LogP contribution is -2.29. The number of carbonyl (C=O) groups excluding carboxylic acids is 1. The number of aliphatic hydroxyl groups excluding tert-OH is 1. The van der Waals surface area contributed by atoms with E-state index < -0.39 is 6.10 Å². The second-order valence-electron chi connectivity index (χ2n) is 4.96. The fourth-order valence-electron chi connectivity index (χ4n) is 2.12. The Morgan fingerprint density at radius 3 is 3.05 bits per heavy atom. The van der Waals surface area contributed by atoms with Crippen molar-refractivity contribution in [3.05, 3.63) is 11.9 Å². The minimum absolute atomic E-state index is 0.235. The van der Waals surface area contributed by atoms with Crippen LogP contribution in [0, 0.1) is 0 Å². The number of nitrogens with one attached hydrogen (secondary N) is 2. The van der Waals surface area contributed by atoms with Gasteiger partial charge in [-0.05, 0) is 39.3 Å². The molecule has 1 aromatic heterocycles. The summed E-state index contributed by atoms with van der Waals surface area (Å²) < 4.78 is 1.78. The van der Waals surface area contributed by atoms with Crippen molar-refractivity contribution in [2.45, 2.75) is 38.3 Å². The first kappa shape index (κ1) is 14.0. The first-order chi connectivity index (χ1) is 9.16. The topological polar surface area (TPSA) is 92.1 Å². The van der Waals surface area contributed by atoms with Crippen LogP contribution in [0.15, 0.2) is 6.20 Å². The molecule has 1 amide bonds. The lowest BCUT2D eigenvalue weighted by Gasteiger charge is -2.22. The first-order valence-electron chi connectivity index (χ1n) is 6.75. The number of rotatable bonds is 5. The van der Waals surface area contributed by atoms with Crippen LogP contribution in [-0.4, -0.2) is 51.7 Å². The van der Waals surface area contributed by atoms with Gasteiger partial charge in [0.15, 0.2) is 5.69 Å². The average molecular weight is 267 g/mol. The minimum Gasteiger partial charge on any atom is -0.393 e. The van der Waals surface area contributed by atoms with Crippen LogP contribution in [0.2, 0.25) is 0 Å². The number of aromatic nitrogens is 3. The van der Waals surface area contributed by atoms with Crippen LogP contribution in [0.4, 0.5) is 0 Å². The van der Waals surface area contributed by atoms with E-state index in [4.69, 9.17) is 5.11 Å². The maximum absolute atomic E-state index is 11.8. The van der Waals surface area contributed by atoms with Crippen LogP contribution in [0.1, 0.15) is 42.7 Å². The van der Waals surface area contributed by atoms with Gasteiger partial charge in [-0.15, -0.1) is 5.10 Å². The molecular weight excluding hydrogens is 246 g/mol. The summed E-state index contributed by atoms with van der Waals surface area (Å²) in [4.78, 5) is 11.8. The molecule has 1 saturated heterocycles. The molecule has 19 heavy (non-hydrogen) atoms. The van der Waals surface area contributed by atoms with Crippen molar-refractivity contribution >= 4 is 5.91 Å². The molecule has 0 bridgehead atoms. The zero-order chi connectivity index (χ0) is 13.7. The normalized spacial score (nSPS) is 18.2. The van der Waals surface area contributed by atoms with Gasteiger partial charge in [0.2, 0.25) is 0 Å². The van der Waals surface area contributed by atoms with E-state index in [1.54, 1.807) is 17.8 Å². The summed E-state index contributed by atoms with van der Waals surface area (Å²) in [6.07, 6.45) is 3.84. The number of hydrogen-bond donors (Lipinski definition) is 3. The highest BCUT2D eigenvalue weighted by molar-refractivity contribution is 5.91. The molecule has 1 aromatic rings. The molecule has 1 aliphatic heterocycles. The zero-order valence-electron chi connectivity index (χ0n) is 11.2. The van der Waals surface area contributed by atoms with Crippen LogP contribution in [-0.2, 0) is 0 Å². The van der Waals surface area contributed by atoms with E-state index in [-0.39, 0.29) is 5.91 Å². The van der Waals surface area contributed by atoms with E-state index in [9.17, 15) is 4.79 Å². The Morgan fingerprint density at radius 2 is 2.37 bits per heavy atom. The Balaban J connectivity index is 1.87. The van der Waals surface area contributed by atoms with Crippen LogP contribution in [0.5, 0.6) is 0 Å². The monoisotopic (exact) mass is 267 g/mol. The minimum atomic E-state index is -0.411. The predicted octanol–water partition coefficient (Wildman–Crippen LogP) is -0.297. The molecule has 0 aliphatic carbocycles. The average Bonchev–Trinajstić information content (AvgIpc) is 2.89. The van der Waals surface area contributed by atoms with Gasteiger partial charge in [0.05, 0.1) is 18.3 Å². The molecule has 1 aliphatic rings. The SMILES string of the molecule is CC(O)CCNC(=O)c1cn(C2CCNCC2)nn1. The maximum Gasteiger partial charge on any atom is 0.273 e. The number of piperidine rings is 1. The van der Waals surface area contributed by atoms with Crippen LogP contribution in [0.25, 0.3) is 0 Å². The van der Waals surface area contributed by atoms with Crippen molar-refractivity contribution in [3.8, 4) is 0 Å². The lowest BCUT2D eigenvalue weighted by molar-refractivity contribution is 0.0940. The Bertz CT molecular complexity index is 412. The van der Waals surface area contributed by atoms with Gasteiger partial charge in [0.1, 0.15) is 0 Å². The number of carbonyl (C=O) groups is 1. The van der Waals surface area contributed by atoms with E-state index in [2.05, 4.69) is 20.9 Å². The van der Waals surface area contributed by atoms with Gasteiger partial charge in [-0.2, -0.15) is 0 Å². The molecule has 106 valence electrons. The van der Waals surface area contributed by atoms with Gasteiger partial charge in [0, 0.05) is 6.54 Å². The summed E-state index contributed by atoms with van der Waals surface area (Å²) in [5.74, 6) is -0.235. The molecule has 2 rings (SSSR count). The summed E-state index contributed by atoms with van der Waals surface area (Å²) >= 11 is 0. The second kappa shape index (κ2) is 6.63. The lowest BCUT2D eigenvalue weighted by atomic mass is 10.1. The van der Waals surface area contributed by atoms with Gasteiger partial charge in [-0.1, -0.05) is 5.21 Å². The van der Waals surface area contributed by atoms with E-state index in [0.717, 1.165) is 25.9 Å². The van der Waals surface area contributed by atoms with Crippen molar-refractivity contribution in [2.75, 3.05) is 19.6 Å². The molecule has 1 unspecified atom stereocenters. The number of hydrogen-bond acceptors (Lipinski definition) is 5. The summed E-state index contributed by atoms with van der Waals surface area (Å²) in [7, 11) is 0. The highest BCUT2D eigenvalue weighted by Crippen LogP contribution is 2.16. The van der Waals surface area contributed by atoms with Gasteiger partial charge in [0.25, 0.3) is 5.91 Å². The predicted molar refractivity (Wildman–Crippen MR) is 69.8 cm³/mol. The molecule has 0 radical (unpaired) electrons. The number of amides is 1. The Labute approximate surface area is 112 Å². The quantitative estimate of drug-likeness (QED) is 0.681. The van der Waals surface area contributed by atoms with E-state index in [1.807, 2.05) is 0 Å². The molecule has 0 spiro atoms. The third kappa shape index (κ3) is 4.00. The van der Waals surface area contributed by atoms with Crippen LogP contribution in [0.3, 0.4) is 0 Å². The van der Waals surface area contributed by atoms with Gasteiger partial charge < -0.3 is 15.7 Å². The Hall–Kier alpha value is -1.47. The number of nitrogens with zero attached hydrogens (tertiary/aromatic N) is 3. The van der Waals surface area contributed by atoms with Crippen molar-refractivity contribution in [1.82, 2.24) is 25.6 Å². The third-order valence-corrected chi connectivity index (χ3v) is 3.27. The van der Waals surface area contributed by atoms with Gasteiger partial charge in [-0.25, -0.2) is 4.68 Å². The van der Waals surface area contributed by atoms with E-state index >= 15 is 0 Å². The fraction of sp³-hybridized carbons (Fsp3) is 0.750. The molecule has 1 fully saturated rings. The molecule has 3 N–H and O–H groups in total. The van der Waals surface area contributed by atoms with Gasteiger partial charge in [-0.3, -0.25) is 4.79 Å². The third-order valence-electron chi connectivity index (χ3n) is 3.27. The maximum atomic E-state index is 11.8. The summed E-state index contributed by atoms with van der Waals surface area (Å²) in [6, 6.07) is 0.327. The molecule has 7 nitrogen and oxygen atoms in total. The molecular formula is C12H21N5O2. The first-order valence-corrected chi connectivity index (χ1v) is 6.75. The van der Waals surface area contributed by atoms with Crippen molar-refractivity contribution in [3.63, 3.8) is 0 Å². The Morgan fingerprint density at radius 1 is 1.63 bits per heavy atom. The fourth-order valence-corrected chi connectivity index (χ4v) is 2.12. The molecule has 0 saturated carbocycles. The highest BCUT2D eigenvalue weighted by Gasteiger charge is 2.18. The summed E-state index contributed by atoms with van der Waals surface area (Å²) in [5, 5.41) is 23.1. The molecule has 7 heteroatoms. The smallest absolute Gasteiger partial charge is 0.273 e. The van der Waals surface area contributed by atoms with Crippen molar-refractivity contribution in [2.24, 2.45) is 0 Å². The second-order valence-corrected chi connectivity index (χ2v) is 4.96. The molecule has 0 aromatic carbocycles. The largest absolute Gasteiger partial charge is 0.393 e. The highest BCUT2D eigenvalue weighted by atomic mass is 16.3. The van der Waals surface area contributed by atoms with E-state index in [1.165, 1.54) is 0 Å². The standard InChI is InChI=1S/C12H21N5O2/c1-9(18)2-7-14-12(19)11-8-17(16-15-11)10-3-5-13-6-4-10/h8-10,13,18H,2-7H2,1H3,(H,14,19). The van der Waals surface area contributed by atoms with Crippen molar-refractivity contribution < 1.29 is 9.90 Å².